The van der Waals surface area contributed by atoms with Gasteiger partial charge in [0, 0.05) is 4.47 Å². The smallest absolute Gasteiger partial charge is 0.335 e. The largest absolute Gasteiger partial charge is 0.478 e. The SMILES string of the molecule is NC1(C(=O)Nc2cc(C(=O)O)ccc2Br)CCCC1. The van der Waals surface area contributed by atoms with Gasteiger partial charge in [-0.2, -0.15) is 0 Å². The first-order valence-electron chi connectivity index (χ1n) is 6.05. The highest BCUT2D eigenvalue weighted by Gasteiger charge is 2.37. The van der Waals surface area contributed by atoms with E-state index in [0.717, 1.165) is 12.8 Å². The molecule has 102 valence electrons. The number of rotatable bonds is 3. The highest BCUT2D eigenvalue weighted by atomic mass is 79.9. The lowest BCUT2D eigenvalue weighted by Gasteiger charge is -2.22. The first-order chi connectivity index (χ1) is 8.92. The predicted octanol–water partition coefficient (Wildman–Crippen LogP) is 2.36. The Morgan fingerprint density at radius 3 is 2.53 bits per heavy atom. The number of hydrogen-bond acceptors (Lipinski definition) is 3. The Kier molecular flexibility index (Phi) is 3.91. The lowest BCUT2D eigenvalue weighted by Crippen LogP contribution is -2.48. The number of halogens is 1. The second-order valence-corrected chi connectivity index (χ2v) is 5.67. The van der Waals surface area contributed by atoms with Crippen LogP contribution in [0, 0.1) is 0 Å². The molecule has 0 aliphatic heterocycles. The minimum absolute atomic E-state index is 0.121. The molecule has 1 fully saturated rings. The molecule has 0 bridgehead atoms. The fourth-order valence-electron chi connectivity index (χ4n) is 2.23. The van der Waals surface area contributed by atoms with Crippen LogP contribution in [0.3, 0.4) is 0 Å². The van der Waals surface area contributed by atoms with Gasteiger partial charge in [-0.05, 0) is 47.0 Å². The Morgan fingerprint density at radius 1 is 1.32 bits per heavy atom. The molecule has 0 spiro atoms. The number of anilines is 1. The predicted molar refractivity (Wildman–Crippen MR) is 75.1 cm³/mol. The van der Waals surface area contributed by atoms with Gasteiger partial charge in [0.2, 0.25) is 5.91 Å². The second-order valence-electron chi connectivity index (χ2n) is 4.82. The number of nitrogens with one attached hydrogen (secondary N) is 1. The molecule has 1 aromatic rings. The van der Waals surface area contributed by atoms with Crippen molar-refractivity contribution in [2.45, 2.75) is 31.2 Å². The van der Waals surface area contributed by atoms with Crippen molar-refractivity contribution in [3.05, 3.63) is 28.2 Å². The van der Waals surface area contributed by atoms with Gasteiger partial charge in [0.1, 0.15) is 0 Å². The summed E-state index contributed by atoms with van der Waals surface area (Å²) in [5.74, 6) is -1.29. The molecular weight excluding hydrogens is 312 g/mol. The highest BCUT2D eigenvalue weighted by Crippen LogP contribution is 2.30. The summed E-state index contributed by atoms with van der Waals surface area (Å²) in [5, 5.41) is 11.7. The number of nitrogens with two attached hydrogens (primary N) is 1. The Morgan fingerprint density at radius 2 is 1.95 bits per heavy atom. The highest BCUT2D eigenvalue weighted by molar-refractivity contribution is 9.10. The lowest BCUT2D eigenvalue weighted by atomic mass is 9.98. The van der Waals surface area contributed by atoms with Gasteiger partial charge in [0.05, 0.1) is 16.8 Å². The van der Waals surface area contributed by atoms with E-state index >= 15 is 0 Å². The number of carbonyl (C=O) groups excluding carboxylic acids is 1. The van der Waals surface area contributed by atoms with Gasteiger partial charge in [-0.25, -0.2) is 4.79 Å². The van der Waals surface area contributed by atoms with Crippen LogP contribution in [0.15, 0.2) is 22.7 Å². The van der Waals surface area contributed by atoms with Crippen molar-refractivity contribution in [3.8, 4) is 0 Å². The molecule has 0 heterocycles. The average molecular weight is 327 g/mol. The Labute approximate surface area is 119 Å². The Balaban J connectivity index is 2.20. The van der Waals surface area contributed by atoms with E-state index in [1.54, 1.807) is 6.07 Å². The molecular formula is C13H15BrN2O3. The van der Waals surface area contributed by atoms with Crippen LogP contribution < -0.4 is 11.1 Å². The number of carboxylic acids is 1. The fraction of sp³-hybridized carbons (Fsp3) is 0.385. The van der Waals surface area contributed by atoms with Crippen LogP contribution in [0.4, 0.5) is 5.69 Å². The number of carboxylic acid groups (broad SMARTS) is 1. The van der Waals surface area contributed by atoms with Crippen LogP contribution in [-0.2, 0) is 4.79 Å². The van der Waals surface area contributed by atoms with Gasteiger partial charge in [-0.15, -0.1) is 0 Å². The van der Waals surface area contributed by atoms with Crippen LogP contribution in [0.5, 0.6) is 0 Å². The Hall–Kier alpha value is -1.40. The van der Waals surface area contributed by atoms with Crippen LogP contribution >= 0.6 is 15.9 Å². The van der Waals surface area contributed by atoms with Crippen molar-refractivity contribution in [2.24, 2.45) is 5.73 Å². The van der Waals surface area contributed by atoms with Crippen LogP contribution in [0.2, 0.25) is 0 Å². The van der Waals surface area contributed by atoms with Crippen LogP contribution in [-0.4, -0.2) is 22.5 Å². The molecule has 1 aliphatic rings. The third-order valence-electron chi connectivity index (χ3n) is 3.41. The zero-order chi connectivity index (χ0) is 14.0. The minimum atomic E-state index is -1.04. The number of benzene rings is 1. The van der Waals surface area contributed by atoms with E-state index in [1.165, 1.54) is 12.1 Å². The minimum Gasteiger partial charge on any atom is -0.478 e. The summed E-state index contributed by atoms with van der Waals surface area (Å²) >= 11 is 3.29. The molecule has 0 atom stereocenters. The molecule has 0 aromatic heterocycles. The van der Waals surface area contributed by atoms with Crippen molar-refractivity contribution in [1.29, 1.82) is 0 Å². The molecule has 5 nitrogen and oxygen atoms in total. The van der Waals surface area contributed by atoms with Crippen molar-refractivity contribution >= 4 is 33.5 Å². The third-order valence-corrected chi connectivity index (χ3v) is 4.10. The molecule has 4 N–H and O–H groups in total. The van der Waals surface area contributed by atoms with Crippen LogP contribution in [0.1, 0.15) is 36.0 Å². The summed E-state index contributed by atoms with van der Waals surface area (Å²) in [6, 6.07) is 4.48. The summed E-state index contributed by atoms with van der Waals surface area (Å²) < 4.78 is 0.632. The van der Waals surface area contributed by atoms with E-state index in [9.17, 15) is 9.59 Å². The van der Waals surface area contributed by atoms with Crippen molar-refractivity contribution < 1.29 is 14.7 Å². The van der Waals surface area contributed by atoms with E-state index in [-0.39, 0.29) is 11.5 Å². The topological polar surface area (TPSA) is 92.4 Å². The molecule has 19 heavy (non-hydrogen) atoms. The van der Waals surface area contributed by atoms with Crippen molar-refractivity contribution in [2.75, 3.05) is 5.32 Å². The van der Waals surface area contributed by atoms with Crippen LogP contribution in [0.25, 0.3) is 0 Å². The van der Waals surface area contributed by atoms with Gasteiger partial charge in [0.25, 0.3) is 0 Å². The molecule has 6 heteroatoms. The molecule has 0 saturated heterocycles. The normalized spacial score (nSPS) is 17.2. The third kappa shape index (κ3) is 2.96. The summed E-state index contributed by atoms with van der Waals surface area (Å²) in [4.78, 5) is 23.1. The van der Waals surface area contributed by atoms with Gasteiger partial charge in [0.15, 0.2) is 0 Å². The summed E-state index contributed by atoms with van der Waals surface area (Å²) in [6.07, 6.45) is 3.21. The lowest BCUT2D eigenvalue weighted by molar-refractivity contribution is -0.121. The summed E-state index contributed by atoms with van der Waals surface area (Å²) in [5.41, 5.74) is 5.77. The monoisotopic (exact) mass is 326 g/mol. The molecule has 1 aromatic carbocycles. The maximum atomic E-state index is 12.2. The first kappa shape index (κ1) is 14.0. The first-order valence-corrected chi connectivity index (χ1v) is 6.85. The molecule has 2 rings (SSSR count). The summed E-state index contributed by atoms with van der Waals surface area (Å²) in [7, 11) is 0. The number of carbonyl (C=O) groups is 2. The summed E-state index contributed by atoms with van der Waals surface area (Å²) in [6.45, 7) is 0. The quantitative estimate of drug-likeness (QED) is 0.794. The molecule has 1 amide bonds. The van der Waals surface area contributed by atoms with E-state index in [4.69, 9.17) is 10.8 Å². The van der Waals surface area contributed by atoms with Crippen molar-refractivity contribution in [3.63, 3.8) is 0 Å². The van der Waals surface area contributed by atoms with E-state index in [2.05, 4.69) is 21.2 Å². The number of amides is 1. The standard InChI is InChI=1S/C13H15BrN2O3/c14-9-4-3-8(11(17)18)7-10(9)16-12(19)13(15)5-1-2-6-13/h3-4,7H,1-2,5-6,15H2,(H,16,19)(H,17,18). The van der Waals surface area contributed by atoms with Gasteiger partial charge in [-0.3, -0.25) is 4.79 Å². The zero-order valence-corrected chi connectivity index (χ0v) is 11.9. The van der Waals surface area contributed by atoms with E-state index < -0.39 is 11.5 Å². The van der Waals surface area contributed by atoms with Crippen molar-refractivity contribution in [1.82, 2.24) is 0 Å². The van der Waals surface area contributed by atoms with Gasteiger partial charge in [-0.1, -0.05) is 12.8 Å². The van der Waals surface area contributed by atoms with Gasteiger partial charge >= 0.3 is 5.97 Å². The van der Waals surface area contributed by atoms with E-state index in [1.807, 2.05) is 0 Å². The maximum absolute atomic E-state index is 12.2. The maximum Gasteiger partial charge on any atom is 0.335 e. The average Bonchev–Trinajstić information content (AvgIpc) is 2.80. The number of hydrogen-bond donors (Lipinski definition) is 3. The molecule has 1 aliphatic carbocycles. The molecule has 0 unspecified atom stereocenters. The Bertz CT molecular complexity index is 525. The second kappa shape index (κ2) is 5.30. The molecule has 1 saturated carbocycles. The zero-order valence-electron chi connectivity index (χ0n) is 10.3. The van der Waals surface area contributed by atoms with E-state index in [0.29, 0.717) is 23.0 Å². The molecule has 0 radical (unpaired) electrons. The number of aromatic carboxylic acids is 1. The van der Waals surface area contributed by atoms with Gasteiger partial charge < -0.3 is 16.2 Å². The fourth-order valence-corrected chi connectivity index (χ4v) is 2.58.